The summed E-state index contributed by atoms with van der Waals surface area (Å²) in [5.41, 5.74) is 14.0. The van der Waals surface area contributed by atoms with E-state index in [-0.39, 0.29) is 0 Å². The van der Waals surface area contributed by atoms with Gasteiger partial charge >= 0.3 is 0 Å². The molecule has 11 aromatic carbocycles. The highest BCUT2D eigenvalue weighted by molar-refractivity contribution is 6.21. The van der Waals surface area contributed by atoms with Crippen molar-refractivity contribution in [2.45, 2.75) is 0 Å². The Balaban J connectivity index is 0.945. The maximum absolute atomic E-state index is 2.34. The van der Waals surface area contributed by atoms with Crippen molar-refractivity contribution in [1.29, 1.82) is 0 Å². The van der Waals surface area contributed by atoms with Gasteiger partial charge in [-0.05, 0) is 145 Å². The van der Waals surface area contributed by atoms with Crippen LogP contribution in [0.3, 0.4) is 0 Å². The van der Waals surface area contributed by atoms with Crippen LogP contribution >= 0.6 is 0 Å². The molecule has 0 aliphatic rings. The zero-order valence-electron chi connectivity index (χ0n) is 34.1. The summed E-state index contributed by atoms with van der Waals surface area (Å²) in [4.78, 5) is 4.63. The summed E-state index contributed by atoms with van der Waals surface area (Å²) in [5, 5.41) is 7.51. The predicted octanol–water partition coefficient (Wildman–Crippen LogP) is 17.1. The Bertz CT molecular complexity index is 3210. The van der Waals surface area contributed by atoms with Gasteiger partial charge < -0.3 is 9.80 Å². The van der Waals surface area contributed by atoms with E-state index in [2.05, 4.69) is 265 Å². The molecule has 2 heteroatoms. The SMILES string of the molecule is c1ccc(N(c2ccccc2)c2ccc(-c3ccc(N(c4ccccc4)c4ccc(-c5c6ccccc6c(-c6ccc7ccccc7c6)c6ccccc56)cc4)cc3)cc2)cc1. The molecule has 2 nitrogen and oxygen atoms in total. The zero-order chi connectivity index (χ0) is 41.2. The molecular weight excluding hydrogens is 749 g/mol. The van der Waals surface area contributed by atoms with Gasteiger partial charge in [0.2, 0.25) is 0 Å². The molecule has 0 aliphatic heterocycles. The first-order valence-corrected chi connectivity index (χ1v) is 21.3. The predicted molar refractivity (Wildman–Crippen MR) is 265 cm³/mol. The Hall–Kier alpha value is -8.20. The molecule has 0 radical (unpaired) electrons. The molecule has 0 aromatic heterocycles. The maximum atomic E-state index is 2.34. The topological polar surface area (TPSA) is 6.48 Å². The summed E-state index contributed by atoms with van der Waals surface area (Å²) in [7, 11) is 0. The van der Waals surface area contributed by atoms with Crippen LogP contribution in [0.5, 0.6) is 0 Å². The fourth-order valence-corrected chi connectivity index (χ4v) is 9.10. The van der Waals surface area contributed by atoms with Gasteiger partial charge in [0.05, 0.1) is 0 Å². The molecule has 0 saturated carbocycles. The van der Waals surface area contributed by atoms with Crippen molar-refractivity contribution >= 4 is 66.4 Å². The minimum absolute atomic E-state index is 1.10. The number of para-hydroxylation sites is 3. The lowest BCUT2D eigenvalue weighted by molar-refractivity contribution is 1.28. The van der Waals surface area contributed by atoms with Crippen molar-refractivity contribution < 1.29 is 0 Å². The number of hydrogen-bond donors (Lipinski definition) is 0. The molecular formula is C60H42N2. The molecule has 0 N–H and O–H groups in total. The minimum atomic E-state index is 1.10. The Labute approximate surface area is 362 Å². The Morgan fingerprint density at radius 3 is 0.887 bits per heavy atom. The summed E-state index contributed by atoms with van der Waals surface area (Å²) < 4.78 is 0. The normalized spacial score (nSPS) is 11.2. The molecule has 11 rings (SSSR count). The monoisotopic (exact) mass is 790 g/mol. The molecule has 0 spiro atoms. The van der Waals surface area contributed by atoms with E-state index in [9.17, 15) is 0 Å². The zero-order valence-corrected chi connectivity index (χ0v) is 34.1. The van der Waals surface area contributed by atoms with Gasteiger partial charge in [0.1, 0.15) is 0 Å². The summed E-state index contributed by atoms with van der Waals surface area (Å²) >= 11 is 0. The number of rotatable bonds is 9. The van der Waals surface area contributed by atoms with E-state index in [1.54, 1.807) is 0 Å². The van der Waals surface area contributed by atoms with E-state index in [4.69, 9.17) is 0 Å². The number of benzene rings is 11. The molecule has 11 aromatic rings. The first kappa shape index (κ1) is 36.8. The highest BCUT2D eigenvalue weighted by Crippen LogP contribution is 2.45. The van der Waals surface area contributed by atoms with Gasteiger partial charge in [-0.15, -0.1) is 0 Å². The highest BCUT2D eigenvalue weighted by Gasteiger charge is 2.19. The highest BCUT2D eigenvalue weighted by atomic mass is 15.1. The van der Waals surface area contributed by atoms with Gasteiger partial charge in [-0.1, -0.05) is 176 Å². The van der Waals surface area contributed by atoms with Gasteiger partial charge in [0.15, 0.2) is 0 Å². The standard InChI is InChI=1S/C60H42N2/c1-4-18-49(19-5-1)61(50-20-6-2-7-21-50)52-36-30-44(31-37-52)45-32-38-53(39-33-45)62(51-22-8-3-9-23-51)54-40-34-46(35-41-54)59-55-24-12-14-26-57(55)60(58-27-15-13-25-56(58)59)48-29-28-43-16-10-11-17-47(43)42-48/h1-42H. The van der Waals surface area contributed by atoms with Gasteiger partial charge in [-0.25, -0.2) is 0 Å². The molecule has 0 amide bonds. The lowest BCUT2D eigenvalue weighted by Crippen LogP contribution is -2.09. The molecule has 62 heavy (non-hydrogen) atoms. The lowest BCUT2D eigenvalue weighted by atomic mass is 9.85. The third-order valence-corrected chi connectivity index (χ3v) is 12.0. The van der Waals surface area contributed by atoms with Crippen LogP contribution in [0.4, 0.5) is 34.1 Å². The average Bonchev–Trinajstić information content (AvgIpc) is 3.35. The van der Waals surface area contributed by atoms with Crippen LogP contribution in [-0.4, -0.2) is 0 Å². The second kappa shape index (κ2) is 16.1. The largest absolute Gasteiger partial charge is 0.311 e. The van der Waals surface area contributed by atoms with Gasteiger partial charge in [0, 0.05) is 34.1 Å². The van der Waals surface area contributed by atoms with Crippen LogP contribution in [0.2, 0.25) is 0 Å². The van der Waals surface area contributed by atoms with Crippen molar-refractivity contribution in [2.75, 3.05) is 9.80 Å². The van der Waals surface area contributed by atoms with Crippen molar-refractivity contribution in [3.05, 3.63) is 255 Å². The molecule has 0 saturated heterocycles. The molecule has 0 fully saturated rings. The molecule has 0 unspecified atom stereocenters. The van der Waals surface area contributed by atoms with Gasteiger partial charge in [-0.2, -0.15) is 0 Å². The Kier molecular flexibility index (Phi) is 9.57. The van der Waals surface area contributed by atoms with Crippen LogP contribution in [0.1, 0.15) is 0 Å². The van der Waals surface area contributed by atoms with Crippen LogP contribution in [0, 0.1) is 0 Å². The molecule has 0 heterocycles. The number of hydrogen-bond acceptors (Lipinski definition) is 2. The Morgan fingerprint density at radius 2 is 0.484 bits per heavy atom. The van der Waals surface area contributed by atoms with E-state index in [1.165, 1.54) is 65.7 Å². The quantitative estimate of drug-likeness (QED) is 0.134. The summed E-state index contributed by atoms with van der Waals surface area (Å²) in [6.45, 7) is 0. The summed E-state index contributed by atoms with van der Waals surface area (Å²) in [6.07, 6.45) is 0. The van der Waals surface area contributed by atoms with E-state index in [0.29, 0.717) is 0 Å². The average molecular weight is 791 g/mol. The molecule has 0 aliphatic carbocycles. The van der Waals surface area contributed by atoms with Crippen molar-refractivity contribution in [3.63, 3.8) is 0 Å². The van der Waals surface area contributed by atoms with Crippen molar-refractivity contribution in [1.82, 2.24) is 0 Å². The van der Waals surface area contributed by atoms with Crippen molar-refractivity contribution in [3.8, 4) is 33.4 Å². The van der Waals surface area contributed by atoms with E-state index >= 15 is 0 Å². The third-order valence-electron chi connectivity index (χ3n) is 12.0. The van der Waals surface area contributed by atoms with Crippen LogP contribution in [0.15, 0.2) is 255 Å². The fraction of sp³-hybridized carbons (Fsp3) is 0. The van der Waals surface area contributed by atoms with Crippen LogP contribution < -0.4 is 9.80 Å². The lowest BCUT2D eigenvalue weighted by Gasteiger charge is -2.26. The molecule has 0 atom stereocenters. The number of nitrogens with zero attached hydrogens (tertiary/aromatic N) is 2. The number of fused-ring (bicyclic) bond motifs is 3. The second-order valence-corrected chi connectivity index (χ2v) is 15.7. The molecule has 0 bridgehead atoms. The van der Waals surface area contributed by atoms with Crippen molar-refractivity contribution in [2.24, 2.45) is 0 Å². The molecule has 292 valence electrons. The third kappa shape index (κ3) is 6.84. The number of anilines is 6. The summed E-state index contributed by atoms with van der Waals surface area (Å²) in [5.74, 6) is 0. The second-order valence-electron chi connectivity index (χ2n) is 15.7. The van der Waals surface area contributed by atoms with E-state index in [1.807, 2.05) is 0 Å². The summed E-state index contributed by atoms with van der Waals surface area (Å²) in [6, 6.07) is 91.9. The van der Waals surface area contributed by atoms with Crippen LogP contribution in [0.25, 0.3) is 65.7 Å². The maximum Gasteiger partial charge on any atom is 0.0462 e. The van der Waals surface area contributed by atoms with Crippen LogP contribution in [-0.2, 0) is 0 Å². The smallest absolute Gasteiger partial charge is 0.0462 e. The minimum Gasteiger partial charge on any atom is -0.311 e. The van der Waals surface area contributed by atoms with Gasteiger partial charge in [-0.3, -0.25) is 0 Å². The fourth-order valence-electron chi connectivity index (χ4n) is 9.10. The van der Waals surface area contributed by atoms with Gasteiger partial charge in [0.25, 0.3) is 0 Å². The first-order chi connectivity index (χ1) is 30.8. The Morgan fingerprint density at radius 1 is 0.194 bits per heavy atom. The van der Waals surface area contributed by atoms with E-state index < -0.39 is 0 Å². The van der Waals surface area contributed by atoms with E-state index in [0.717, 1.165) is 34.1 Å². The first-order valence-electron chi connectivity index (χ1n) is 21.3.